The van der Waals surface area contributed by atoms with Gasteiger partial charge in [0.1, 0.15) is 11.8 Å². The molecule has 1 aromatic rings. The minimum Gasteiger partial charge on any atom is -0.496 e. The van der Waals surface area contributed by atoms with E-state index in [1.165, 1.54) is 12.0 Å². The van der Waals surface area contributed by atoms with Crippen molar-refractivity contribution in [2.45, 2.75) is 12.5 Å². The van der Waals surface area contributed by atoms with Crippen LogP contribution in [0.5, 0.6) is 5.75 Å². The lowest BCUT2D eigenvalue weighted by Crippen LogP contribution is -2.30. The third kappa shape index (κ3) is 2.65. The molecule has 1 aliphatic rings. The van der Waals surface area contributed by atoms with Crippen molar-refractivity contribution in [1.82, 2.24) is 10.2 Å². The summed E-state index contributed by atoms with van der Waals surface area (Å²) in [6, 6.07) is 4.61. The van der Waals surface area contributed by atoms with E-state index < -0.39 is 6.04 Å². The molecule has 0 aliphatic carbocycles. The second-order valence-corrected chi connectivity index (χ2v) is 4.90. The van der Waals surface area contributed by atoms with Crippen molar-refractivity contribution < 1.29 is 14.3 Å². The number of halogens is 1. The summed E-state index contributed by atoms with van der Waals surface area (Å²) in [6.07, 6.45) is 1.15. The molecule has 0 spiro atoms. The molecule has 6 nitrogen and oxygen atoms in total. The van der Waals surface area contributed by atoms with Gasteiger partial charge < -0.3 is 15.0 Å². The highest BCUT2D eigenvalue weighted by Crippen LogP contribution is 2.42. The molecule has 1 heterocycles. The van der Waals surface area contributed by atoms with Crippen LogP contribution in [0.25, 0.3) is 0 Å². The molecule has 2 rings (SSSR count). The summed E-state index contributed by atoms with van der Waals surface area (Å²) < 4.78 is 5.19. The minimum atomic E-state index is -0.730. The molecule has 0 saturated carbocycles. The SMILES string of the molecule is COc1ccc(Cl)c2c1C(=O)N(CCCNC=O)C2C#N. The summed E-state index contributed by atoms with van der Waals surface area (Å²) in [4.78, 5) is 24.2. The summed E-state index contributed by atoms with van der Waals surface area (Å²) >= 11 is 6.14. The molecule has 1 aliphatic heterocycles. The number of hydrogen-bond donors (Lipinski definition) is 1. The minimum absolute atomic E-state index is 0.276. The second-order valence-electron chi connectivity index (χ2n) is 4.49. The molecular weight excluding hydrogens is 294 g/mol. The molecule has 0 radical (unpaired) electrons. The van der Waals surface area contributed by atoms with Crippen molar-refractivity contribution >= 4 is 23.9 Å². The molecule has 1 N–H and O–H groups in total. The zero-order chi connectivity index (χ0) is 15.4. The monoisotopic (exact) mass is 307 g/mol. The van der Waals surface area contributed by atoms with Crippen molar-refractivity contribution in [1.29, 1.82) is 5.26 Å². The summed E-state index contributed by atoms with van der Waals surface area (Å²) in [6.45, 7) is 0.790. The molecule has 0 aromatic heterocycles. The first kappa shape index (κ1) is 15.1. The van der Waals surface area contributed by atoms with Crippen molar-refractivity contribution in [3.63, 3.8) is 0 Å². The lowest BCUT2D eigenvalue weighted by Gasteiger charge is -2.19. The molecule has 21 heavy (non-hydrogen) atoms. The average molecular weight is 308 g/mol. The zero-order valence-corrected chi connectivity index (χ0v) is 12.2. The van der Waals surface area contributed by atoms with Crippen LogP contribution in [0, 0.1) is 11.3 Å². The van der Waals surface area contributed by atoms with Gasteiger partial charge in [0.25, 0.3) is 5.91 Å². The highest BCUT2D eigenvalue weighted by molar-refractivity contribution is 6.32. The van der Waals surface area contributed by atoms with Crippen LogP contribution in [0.2, 0.25) is 5.02 Å². The van der Waals surface area contributed by atoms with Crippen LogP contribution in [-0.4, -0.2) is 37.4 Å². The number of rotatable bonds is 6. The van der Waals surface area contributed by atoms with Gasteiger partial charge in [-0.25, -0.2) is 0 Å². The molecule has 1 unspecified atom stereocenters. The molecule has 110 valence electrons. The van der Waals surface area contributed by atoms with Gasteiger partial charge in [0.05, 0.1) is 18.7 Å². The van der Waals surface area contributed by atoms with Gasteiger partial charge in [-0.1, -0.05) is 11.6 Å². The van der Waals surface area contributed by atoms with Crippen molar-refractivity contribution in [3.05, 3.63) is 28.3 Å². The fourth-order valence-corrected chi connectivity index (χ4v) is 2.68. The fraction of sp³-hybridized carbons (Fsp3) is 0.357. The molecular formula is C14H14ClN3O3. The largest absolute Gasteiger partial charge is 0.496 e. The Kier molecular flexibility index (Phi) is 4.66. The number of ether oxygens (including phenoxy) is 1. The fourth-order valence-electron chi connectivity index (χ4n) is 2.42. The first-order valence-electron chi connectivity index (χ1n) is 6.39. The highest BCUT2D eigenvalue weighted by Gasteiger charge is 2.40. The van der Waals surface area contributed by atoms with Crippen molar-refractivity contribution in [2.75, 3.05) is 20.2 Å². The van der Waals surface area contributed by atoms with E-state index >= 15 is 0 Å². The summed E-state index contributed by atoms with van der Waals surface area (Å²) in [7, 11) is 1.47. The van der Waals surface area contributed by atoms with Crippen LogP contribution in [-0.2, 0) is 4.79 Å². The Morgan fingerprint density at radius 2 is 2.33 bits per heavy atom. The molecule has 7 heteroatoms. The van der Waals surface area contributed by atoms with Crippen LogP contribution in [0.15, 0.2) is 12.1 Å². The van der Waals surface area contributed by atoms with Gasteiger partial charge >= 0.3 is 0 Å². The zero-order valence-electron chi connectivity index (χ0n) is 11.4. The van der Waals surface area contributed by atoms with Crippen molar-refractivity contribution in [3.8, 4) is 11.8 Å². The number of methoxy groups -OCH3 is 1. The third-order valence-electron chi connectivity index (χ3n) is 3.36. The van der Waals surface area contributed by atoms with Gasteiger partial charge in [-0.2, -0.15) is 5.26 Å². The number of carbonyl (C=O) groups excluding carboxylic acids is 2. The summed E-state index contributed by atoms with van der Waals surface area (Å²) in [5.74, 6) is 0.134. The molecule has 1 aromatic carbocycles. The average Bonchev–Trinajstić information content (AvgIpc) is 2.78. The molecule has 0 saturated heterocycles. The molecule has 0 bridgehead atoms. The Balaban J connectivity index is 2.32. The second kappa shape index (κ2) is 6.46. The number of benzene rings is 1. The normalized spacial score (nSPS) is 16.3. The molecule has 1 atom stereocenters. The number of nitriles is 1. The summed E-state index contributed by atoms with van der Waals surface area (Å²) in [5, 5.41) is 12.3. The Morgan fingerprint density at radius 3 is 2.95 bits per heavy atom. The van der Waals surface area contributed by atoms with Gasteiger partial charge in [-0.3, -0.25) is 9.59 Å². The van der Waals surface area contributed by atoms with Crippen LogP contribution >= 0.6 is 11.6 Å². The standard InChI is InChI=1S/C14H14ClN3O3/c1-21-11-4-3-9(15)12-10(7-16)18(14(20)13(11)12)6-2-5-17-8-19/h3-4,8,10H,2,5-6H2,1H3,(H,17,19). The maximum atomic E-state index is 12.5. The third-order valence-corrected chi connectivity index (χ3v) is 3.69. The van der Waals surface area contributed by atoms with Gasteiger partial charge in [-0.05, 0) is 18.6 Å². The number of nitrogens with zero attached hydrogens (tertiary/aromatic N) is 2. The Morgan fingerprint density at radius 1 is 1.57 bits per heavy atom. The number of hydrogen-bond acceptors (Lipinski definition) is 4. The predicted molar refractivity (Wildman–Crippen MR) is 76.1 cm³/mol. The predicted octanol–water partition coefficient (Wildman–Crippen LogP) is 1.51. The van der Waals surface area contributed by atoms with Crippen LogP contribution < -0.4 is 10.1 Å². The van der Waals surface area contributed by atoms with Crippen LogP contribution in [0.4, 0.5) is 0 Å². The van der Waals surface area contributed by atoms with Crippen LogP contribution in [0.3, 0.4) is 0 Å². The van der Waals surface area contributed by atoms with E-state index in [-0.39, 0.29) is 5.91 Å². The van der Waals surface area contributed by atoms with E-state index in [1.807, 2.05) is 0 Å². The number of carbonyl (C=O) groups is 2. The van der Waals surface area contributed by atoms with E-state index in [9.17, 15) is 14.9 Å². The number of fused-ring (bicyclic) bond motifs is 1. The smallest absolute Gasteiger partial charge is 0.259 e. The van der Waals surface area contributed by atoms with Gasteiger partial charge in [0, 0.05) is 23.7 Å². The van der Waals surface area contributed by atoms with E-state index in [4.69, 9.17) is 16.3 Å². The van der Waals surface area contributed by atoms with E-state index in [0.29, 0.717) is 47.8 Å². The van der Waals surface area contributed by atoms with Gasteiger partial charge in [0.2, 0.25) is 6.41 Å². The highest BCUT2D eigenvalue weighted by atomic mass is 35.5. The topological polar surface area (TPSA) is 82.4 Å². The summed E-state index contributed by atoms with van der Waals surface area (Å²) in [5.41, 5.74) is 0.840. The van der Waals surface area contributed by atoms with Gasteiger partial charge in [-0.15, -0.1) is 0 Å². The van der Waals surface area contributed by atoms with E-state index in [1.54, 1.807) is 12.1 Å². The van der Waals surface area contributed by atoms with E-state index in [2.05, 4.69) is 11.4 Å². The lowest BCUT2D eigenvalue weighted by molar-refractivity contribution is -0.109. The quantitative estimate of drug-likeness (QED) is 0.638. The van der Waals surface area contributed by atoms with Crippen molar-refractivity contribution in [2.24, 2.45) is 0 Å². The first-order valence-corrected chi connectivity index (χ1v) is 6.77. The van der Waals surface area contributed by atoms with Crippen LogP contribution in [0.1, 0.15) is 28.4 Å². The Hall–Kier alpha value is -2.26. The maximum absolute atomic E-state index is 12.5. The first-order chi connectivity index (χ1) is 10.2. The lowest BCUT2D eigenvalue weighted by atomic mass is 10.0. The Labute approximate surface area is 127 Å². The molecule has 2 amide bonds. The van der Waals surface area contributed by atoms with E-state index in [0.717, 1.165) is 0 Å². The number of nitrogens with one attached hydrogen (secondary N) is 1. The number of amides is 2. The van der Waals surface area contributed by atoms with Gasteiger partial charge in [0.15, 0.2) is 0 Å². The maximum Gasteiger partial charge on any atom is 0.259 e. The Bertz CT molecular complexity index is 612. The molecule has 0 fully saturated rings.